The van der Waals surface area contributed by atoms with Crippen LogP contribution in [0.1, 0.15) is 142 Å². The number of imidazole rings is 1. The van der Waals surface area contributed by atoms with Crippen molar-refractivity contribution in [2.45, 2.75) is 156 Å². The minimum absolute atomic E-state index is 1.20. The van der Waals surface area contributed by atoms with Crippen molar-refractivity contribution in [2.24, 2.45) is 0 Å². The molecule has 1 heterocycles. The van der Waals surface area contributed by atoms with Crippen LogP contribution >= 0.6 is 0 Å². The molecule has 0 aliphatic heterocycles. The number of aryl methyl sites for hydroxylation is 2. The molecule has 0 saturated heterocycles. The molecule has 2 nitrogen and oxygen atoms in total. The van der Waals surface area contributed by atoms with Crippen LogP contribution in [-0.2, 0) is 19.5 Å². The Labute approximate surface area is 183 Å². The minimum atomic E-state index is 1.20. The lowest BCUT2D eigenvalue weighted by atomic mass is 10.0. The van der Waals surface area contributed by atoms with Gasteiger partial charge < -0.3 is 0 Å². The van der Waals surface area contributed by atoms with Crippen molar-refractivity contribution < 1.29 is 4.57 Å². The van der Waals surface area contributed by atoms with Crippen molar-refractivity contribution in [3.8, 4) is 0 Å². The summed E-state index contributed by atoms with van der Waals surface area (Å²) in [6.07, 6.45) is 31.2. The summed E-state index contributed by atoms with van der Waals surface area (Å²) in [4.78, 5) is 0. The molecule has 0 fully saturated rings. The second-order valence-electron chi connectivity index (χ2n) is 9.15. The van der Waals surface area contributed by atoms with Gasteiger partial charge in [-0.2, -0.15) is 0 Å². The van der Waals surface area contributed by atoms with E-state index < -0.39 is 0 Å². The maximum absolute atomic E-state index is 2.56. The van der Waals surface area contributed by atoms with E-state index in [1.165, 1.54) is 135 Å². The van der Waals surface area contributed by atoms with Crippen LogP contribution in [-0.4, -0.2) is 4.57 Å². The predicted molar refractivity (Wildman–Crippen MR) is 128 cm³/mol. The van der Waals surface area contributed by atoms with Gasteiger partial charge in [0.25, 0.3) is 5.82 Å². The zero-order valence-corrected chi connectivity index (χ0v) is 20.4. The van der Waals surface area contributed by atoms with Gasteiger partial charge in [0, 0.05) is 6.42 Å². The number of hydrogen-bond acceptors (Lipinski definition) is 0. The monoisotopic (exact) mass is 405 g/mol. The Morgan fingerprint density at radius 3 is 1.62 bits per heavy atom. The van der Waals surface area contributed by atoms with Crippen molar-refractivity contribution in [1.82, 2.24) is 4.57 Å². The molecule has 0 unspecified atom stereocenters. The van der Waals surface area contributed by atoms with Gasteiger partial charge in [-0.05, 0) is 25.7 Å². The molecule has 1 rings (SSSR count). The van der Waals surface area contributed by atoms with Gasteiger partial charge >= 0.3 is 0 Å². The molecule has 0 radical (unpaired) electrons. The highest BCUT2D eigenvalue weighted by molar-refractivity contribution is 4.84. The molecule has 0 aliphatic carbocycles. The summed E-state index contributed by atoms with van der Waals surface area (Å²) in [5, 5.41) is 0. The first kappa shape index (κ1) is 26.2. The van der Waals surface area contributed by atoms with Gasteiger partial charge in [-0.15, -0.1) is 0 Å². The van der Waals surface area contributed by atoms with E-state index in [4.69, 9.17) is 0 Å². The lowest BCUT2D eigenvalue weighted by molar-refractivity contribution is -0.704. The molecule has 2 heteroatoms. The van der Waals surface area contributed by atoms with Crippen LogP contribution in [0.15, 0.2) is 12.4 Å². The molecule has 0 amide bonds. The first-order valence-electron chi connectivity index (χ1n) is 13.4. The average molecular weight is 406 g/mol. The lowest BCUT2D eigenvalue weighted by Crippen LogP contribution is -2.37. The third-order valence-corrected chi connectivity index (χ3v) is 6.35. The molecule has 0 saturated carbocycles. The Balaban J connectivity index is 2.11. The maximum Gasteiger partial charge on any atom is 0.256 e. The summed E-state index contributed by atoms with van der Waals surface area (Å²) in [5.41, 5.74) is 0. The third kappa shape index (κ3) is 13.2. The van der Waals surface area contributed by atoms with Crippen molar-refractivity contribution >= 4 is 0 Å². The molecule has 0 N–H and O–H groups in total. The second kappa shape index (κ2) is 19.2. The van der Waals surface area contributed by atoms with E-state index in [0.717, 1.165) is 0 Å². The predicted octanol–water partition coefficient (Wildman–Crippen LogP) is 8.40. The summed E-state index contributed by atoms with van der Waals surface area (Å²) >= 11 is 0. The Hall–Kier alpha value is -0.790. The molecular weight excluding hydrogens is 352 g/mol. The number of rotatable bonds is 21. The van der Waals surface area contributed by atoms with E-state index >= 15 is 0 Å². The summed E-state index contributed by atoms with van der Waals surface area (Å²) in [6, 6.07) is 0. The smallest absolute Gasteiger partial charge is 0.234 e. The summed E-state index contributed by atoms with van der Waals surface area (Å²) in [6.45, 7) is 9.32. The van der Waals surface area contributed by atoms with Gasteiger partial charge in [0.15, 0.2) is 0 Å². The average Bonchev–Trinajstić information content (AvgIpc) is 3.11. The Morgan fingerprint density at radius 2 is 1.07 bits per heavy atom. The van der Waals surface area contributed by atoms with E-state index in [1.807, 2.05) is 0 Å². The van der Waals surface area contributed by atoms with Gasteiger partial charge in [-0.1, -0.05) is 111 Å². The fourth-order valence-electron chi connectivity index (χ4n) is 4.35. The molecule has 0 aliphatic rings. The van der Waals surface area contributed by atoms with Crippen LogP contribution in [0.25, 0.3) is 0 Å². The highest BCUT2D eigenvalue weighted by Crippen LogP contribution is 2.13. The normalized spacial score (nSPS) is 11.4. The first-order valence-corrected chi connectivity index (χ1v) is 13.4. The fourth-order valence-corrected chi connectivity index (χ4v) is 4.35. The molecule has 1 aromatic rings. The summed E-state index contributed by atoms with van der Waals surface area (Å²) in [7, 11) is 0. The van der Waals surface area contributed by atoms with Crippen molar-refractivity contribution in [1.29, 1.82) is 0 Å². The topological polar surface area (TPSA) is 8.81 Å². The summed E-state index contributed by atoms with van der Waals surface area (Å²) < 4.78 is 5.09. The standard InChI is InChI=1S/C27H53N2/c1-4-7-10-11-12-13-14-15-16-17-18-19-21-24-29-26-25-28(23-9-6-3)27(29)22-20-8-5-2/h25-26H,4-24H2,1-3H3/q+1. The van der Waals surface area contributed by atoms with E-state index in [1.54, 1.807) is 5.82 Å². The molecule has 170 valence electrons. The quantitative estimate of drug-likeness (QED) is 0.143. The zero-order chi connectivity index (χ0) is 21.0. The molecule has 0 spiro atoms. The fraction of sp³-hybridized carbons (Fsp3) is 0.889. The van der Waals surface area contributed by atoms with Gasteiger partial charge in [0.05, 0.1) is 13.1 Å². The van der Waals surface area contributed by atoms with Crippen molar-refractivity contribution in [3.05, 3.63) is 18.2 Å². The lowest BCUT2D eigenvalue weighted by Gasteiger charge is -2.06. The van der Waals surface area contributed by atoms with Gasteiger partial charge in [-0.3, -0.25) is 0 Å². The molecular formula is C27H53N2+. The Kier molecular flexibility index (Phi) is 17.4. The minimum Gasteiger partial charge on any atom is -0.234 e. The summed E-state index contributed by atoms with van der Waals surface area (Å²) in [5.74, 6) is 1.57. The van der Waals surface area contributed by atoms with E-state index in [9.17, 15) is 0 Å². The van der Waals surface area contributed by atoms with Crippen LogP contribution in [0.2, 0.25) is 0 Å². The molecule has 0 aromatic carbocycles. The van der Waals surface area contributed by atoms with Crippen LogP contribution in [0.3, 0.4) is 0 Å². The molecule has 1 aromatic heterocycles. The zero-order valence-electron chi connectivity index (χ0n) is 20.4. The number of hydrogen-bond donors (Lipinski definition) is 0. The van der Waals surface area contributed by atoms with Gasteiger partial charge in [0.1, 0.15) is 12.4 Å². The number of unbranched alkanes of at least 4 members (excludes halogenated alkanes) is 15. The van der Waals surface area contributed by atoms with Crippen LogP contribution in [0, 0.1) is 0 Å². The van der Waals surface area contributed by atoms with Gasteiger partial charge in [0.2, 0.25) is 0 Å². The van der Waals surface area contributed by atoms with E-state index in [0.29, 0.717) is 0 Å². The van der Waals surface area contributed by atoms with E-state index in [-0.39, 0.29) is 0 Å². The van der Waals surface area contributed by atoms with Gasteiger partial charge in [-0.25, -0.2) is 9.13 Å². The van der Waals surface area contributed by atoms with Crippen molar-refractivity contribution in [2.75, 3.05) is 0 Å². The van der Waals surface area contributed by atoms with Crippen LogP contribution < -0.4 is 4.57 Å². The highest BCUT2D eigenvalue weighted by Gasteiger charge is 2.15. The number of nitrogens with zero attached hydrogens (tertiary/aromatic N) is 2. The second-order valence-corrected chi connectivity index (χ2v) is 9.15. The molecule has 0 bridgehead atoms. The molecule has 29 heavy (non-hydrogen) atoms. The maximum atomic E-state index is 2.56. The Morgan fingerprint density at radius 1 is 0.586 bits per heavy atom. The largest absolute Gasteiger partial charge is 0.256 e. The number of aromatic nitrogens is 2. The van der Waals surface area contributed by atoms with Crippen molar-refractivity contribution in [3.63, 3.8) is 0 Å². The highest BCUT2D eigenvalue weighted by atomic mass is 15.1. The molecule has 0 atom stereocenters. The van der Waals surface area contributed by atoms with Crippen LogP contribution in [0.5, 0.6) is 0 Å². The first-order chi connectivity index (χ1) is 14.3. The Bertz CT molecular complexity index is 463. The van der Waals surface area contributed by atoms with E-state index in [2.05, 4.69) is 42.3 Å². The third-order valence-electron chi connectivity index (χ3n) is 6.35. The van der Waals surface area contributed by atoms with Crippen LogP contribution in [0.4, 0.5) is 0 Å². The SMILES string of the molecule is CCCCCCCCCCCCCCC[n+]1ccn(CCCC)c1CCCCC.